The lowest BCUT2D eigenvalue weighted by molar-refractivity contribution is -0.122. The highest BCUT2D eigenvalue weighted by Crippen LogP contribution is 2.29. The van der Waals surface area contributed by atoms with Gasteiger partial charge in [0, 0.05) is 5.75 Å². The van der Waals surface area contributed by atoms with Gasteiger partial charge in [-0.15, -0.1) is 11.8 Å². The first-order valence-electron chi connectivity index (χ1n) is 7.74. The van der Waals surface area contributed by atoms with Crippen molar-refractivity contribution in [3.05, 3.63) is 71.3 Å². The average Bonchev–Trinajstić information content (AvgIpc) is 2.63. The number of carboxylic acid groups (broad SMARTS) is 1. The molecule has 5 nitrogen and oxygen atoms in total. The van der Waals surface area contributed by atoms with Crippen LogP contribution in [0.3, 0.4) is 0 Å². The first-order valence-corrected chi connectivity index (χ1v) is 9.70. The topological polar surface area (TPSA) is 78.4 Å². The smallest absolute Gasteiger partial charge is 0.335 e. The number of nitrogens with one attached hydrogen (secondary N) is 2. The van der Waals surface area contributed by atoms with E-state index >= 15 is 0 Å². The third-order valence-corrected chi connectivity index (χ3v) is 5.93. The number of hydrogen-bond acceptors (Lipinski definition) is 4. The maximum atomic E-state index is 12.3. The summed E-state index contributed by atoms with van der Waals surface area (Å²) in [5.41, 5.74) is 1.96. The fourth-order valence-electron chi connectivity index (χ4n) is 2.64. The number of carbonyl (C=O) groups is 2. The molecule has 1 amide bonds. The minimum atomic E-state index is -0.942. The van der Waals surface area contributed by atoms with Crippen molar-refractivity contribution in [3.8, 4) is 0 Å². The fraction of sp³-hybridized carbons (Fsp3) is 0.222. The Labute approximate surface area is 158 Å². The number of thioether (sulfide) groups is 1. The molecule has 0 spiro atoms. The lowest BCUT2D eigenvalue weighted by atomic mass is 10.0. The van der Waals surface area contributed by atoms with Crippen LogP contribution in [0.5, 0.6) is 0 Å². The summed E-state index contributed by atoms with van der Waals surface area (Å²) in [5.74, 6) is -0.417. The molecule has 2 aromatic carbocycles. The number of benzene rings is 2. The number of halogens is 1. The SMILES string of the molecule is O=C(O)c1cccc(CSC2NC(=O)C(Br)C(c3ccccc3)N2)c1. The van der Waals surface area contributed by atoms with Crippen LogP contribution in [-0.2, 0) is 10.5 Å². The van der Waals surface area contributed by atoms with Crippen molar-refractivity contribution in [2.45, 2.75) is 22.1 Å². The van der Waals surface area contributed by atoms with Crippen LogP contribution in [0.15, 0.2) is 54.6 Å². The second-order valence-corrected chi connectivity index (χ2v) is 7.74. The van der Waals surface area contributed by atoms with Crippen molar-refractivity contribution in [1.29, 1.82) is 0 Å². The van der Waals surface area contributed by atoms with Gasteiger partial charge in [-0.2, -0.15) is 0 Å². The van der Waals surface area contributed by atoms with Crippen molar-refractivity contribution in [2.24, 2.45) is 0 Å². The van der Waals surface area contributed by atoms with Gasteiger partial charge in [0.15, 0.2) is 0 Å². The van der Waals surface area contributed by atoms with Crippen molar-refractivity contribution >= 4 is 39.6 Å². The molecule has 3 unspecified atom stereocenters. The highest BCUT2D eigenvalue weighted by atomic mass is 79.9. The average molecular weight is 421 g/mol. The van der Waals surface area contributed by atoms with Crippen LogP contribution < -0.4 is 10.6 Å². The summed E-state index contributed by atoms with van der Waals surface area (Å²) < 4.78 is 0. The molecule has 1 aliphatic rings. The molecule has 25 heavy (non-hydrogen) atoms. The molecule has 0 aromatic heterocycles. The van der Waals surface area contributed by atoms with Gasteiger partial charge in [0.05, 0.1) is 11.6 Å². The summed E-state index contributed by atoms with van der Waals surface area (Å²) in [7, 11) is 0. The van der Waals surface area contributed by atoms with E-state index in [0.29, 0.717) is 5.75 Å². The summed E-state index contributed by atoms with van der Waals surface area (Å²) in [6.07, 6.45) is 0. The number of hydrogen-bond donors (Lipinski definition) is 3. The van der Waals surface area contributed by atoms with Crippen LogP contribution in [0.1, 0.15) is 27.5 Å². The van der Waals surface area contributed by atoms with Gasteiger partial charge in [-0.1, -0.05) is 58.4 Å². The van der Waals surface area contributed by atoms with Crippen molar-refractivity contribution < 1.29 is 14.7 Å². The normalized spacial score (nSPS) is 23.1. The second-order valence-electron chi connectivity index (χ2n) is 5.66. The van der Waals surface area contributed by atoms with Gasteiger partial charge in [-0.3, -0.25) is 10.1 Å². The Morgan fingerprint density at radius 3 is 2.64 bits per heavy atom. The molecule has 130 valence electrons. The Bertz CT molecular complexity index is 772. The number of rotatable bonds is 5. The first-order chi connectivity index (χ1) is 12.0. The zero-order valence-electron chi connectivity index (χ0n) is 13.2. The zero-order chi connectivity index (χ0) is 17.8. The molecule has 3 atom stereocenters. The van der Waals surface area contributed by atoms with Gasteiger partial charge in [0.1, 0.15) is 10.3 Å². The lowest BCUT2D eigenvalue weighted by Crippen LogP contribution is -2.56. The van der Waals surface area contributed by atoms with Gasteiger partial charge in [0.25, 0.3) is 0 Å². The molecular weight excluding hydrogens is 404 g/mol. The minimum absolute atomic E-state index is 0.0654. The van der Waals surface area contributed by atoms with E-state index in [1.165, 1.54) is 11.8 Å². The van der Waals surface area contributed by atoms with Crippen LogP contribution in [0, 0.1) is 0 Å². The molecule has 1 saturated heterocycles. The van der Waals surface area contributed by atoms with E-state index in [4.69, 9.17) is 5.11 Å². The van der Waals surface area contributed by atoms with E-state index in [1.54, 1.807) is 18.2 Å². The Morgan fingerprint density at radius 1 is 1.16 bits per heavy atom. The minimum Gasteiger partial charge on any atom is -0.478 e. The molecule has 3 N–H and O–H groups in total. The number of amides is 1. The van der Waals surface area contributed by atoms with Crippen molar-refractivity contribution in [1.82, 2.24) is 10.6 Å². The number of carbonyl (C=O) groups excluding carboxylic acids is 1. The van der Waals surface area contributed by atoms with Gasteiger partial charge in [0.2, 0.25) is 5.91 Å². The maximum Gasteiger partial charge on any atom is 0.335 e. The quantitative estimate of drug-likeness (QED) is 0.647. The summed E-state index contributed by atoms with van der Waals surface area (Å²) in [6.45, 7) is 0. The molecule has 1 aliphatic heterocycles. The highest BCUT2D eigenvalue weighted by Gasteiger charge is 2.35. The molecule has 1 heterocycles. The van der Waals surface area contributed by atoms with E-state index in [9.17, 15) is 9.59 Å². The number of carboxylic acids is 1. The van der Waals surface area contributed by atoms with Crippen molar-refractivity contribution in [2.75, 3.05) is 0 Å². The monoisotopic (exact) mass is 420 g/mol. The molecule has 0 saturated carbocycles. The Kier molecular flexibility index (Phi) is 5.78. The predicted octanol–water partition coefficient (Wildman–Crippen LogP) is 3.13. The summed E-state index contributed by atoms with van der Waals surface area (Å²) in [5, 5.41) is 15.4. The summed E-state index contributed by atoms with van der Waals surface area (Å²) in [6, 6.07) is 16.5. The third-order valence-electron chi connectivity index (χ3n) is 3.90. The molecule has 7 heteroatoms. The van der Waals surface area contributed by atoms with Gasteiger partial charge in [-0.05, 0) is 23.3 Å². The van der Waals surface area contributed by atoms with Crippen LogP contribution in [-0.4, -0.2) is 27.3 Å². The van der Waals surface area contributed by atoms with Gasteiger partial charge in [-0.25, -0.2) is 4.79 Å². The van der Waals surface area contributed by atoms with E-state index < -0.39 is 5.97 Å². The largest absolute Gasteiger partial charge is 0.478 e. The lowest BCUT2D eigenvalue weighted by Gasteiger charge is -2.35. The first kappa shape index (κ1) is 18.0. The molecule has 0 bridgehead atoms. The maximum absolute atomic E-state index is 12.3. The Hall–Kier alpha value is -1.83. The third kappa shape index (κ3) is 4.42. The zero-order valence-corrected chi connectivity index (χ0v) is 15.6. The highest BCUT2D eigenvalue weighted by molar-refractivity contribution is 9.10. The van der Waals surface area contributed by atoms with E-state index in [1.807, 2.05) is 36.4 Å². The molecule has 1 fully saturated rings. The van der Waals surface area contributed by atoms with Crippen LogP contribution >= 0.6 is 27.7 Å². The second kappa shape index (κ2) is 8.03. The molecule has 2 aromatic rings. The molecule has 3 rings (SSSR count). The van der Waals surface area contributed by atoms with E-state index in [2.05, 4.69) is 26.6 Å². The molecule has 0 radical (unpaired) electrons. The molecular formula is C18H17BrN2O3S. The Morgan fingerprint density at radius 2 is 1.92 bits per heavy atom. The number of aromatic carboxylic acids is 1. The standard InChI is InChI=1S/C18H17BrN2O3S/c19-14-15(12-6-2-1-3-7-12)20-18(21-16(14)22)25-10-11-5-4-8-13(9-11)17(23)24/h1-9,14-15,18,20H,10H2,(H,21,22)(H,23,24). The summed E-state index contributed by atoms with van der Waals surface area (Å²) >= 11 is 4.98. The van der Waals surface area contributed by atoms with Crippen LogP contribution in [0.2, 0.25) is 0 Å². The van der Waals surface area contributed by atoms with Crippen LogP contribution in [0.25, 0.3) is 0 Å². The van der Waals surface area contributed by atoms with Crippen molar-refractivity contribution in [3.63, 3.8) is 0 Å². The number of alkyl halides is 1. The van der Waals surface area contributed by atoms with E-state index in [0.717, 1.165) is 11.1 Å². The van der Waals surface area contributed by atoms with E-state index in [-0.39, 0.29) is 27.8 Å². The van der Waals surface area contributed by atoms with Crippen LogP contribution in [0.4, 0.5) is 0 Å². The fourth-order valence-corrected chi connectivity index (χ4v) is 4.21. The Balaban J connectivity index is 1.67. The summed E-state index contributed by atoms with van der Waals surface area (Å²) in [4.78, 5) is 23.0. The molecule has 0 aliphatic carbocycles. The van der Waals surface area contributed by atoms with Gasteiger partial charge >= 0.3 is 5.97 Å². The predicted molar refractivity (Wildman–Crippen MR) is 102 cm³/mol. The van der Waals surface area contributed by atoms with Gasteiger partial charge < -0.3 is 10.4 Å².